The van der Waals surface area contributed by atoms with Crippen LogP contribution in [0, 0.1) is 5.92 Å². The van der Waals surface area contributed by atoms with E-state index in [-0.39, 0.29) is 12.5 Å². The number of nitrogens with one attached hydrogen (secondary N) is 2. The first-order chi connectivity index (χ1) is 11.8. The van der Waals surface area contributed by atoms with Crippen molar-refractivity contribution in [1.82, 2.24) is 10.6 Å². The Kier molecular flexibility index (Phi) is 8.42. The number of rotatable bonds is 9. The summed E-state index contributed by atoms with van der Waals surface area (Å²) in [6.07, 6.45) is -0.491. The Morgan fingerprint density at radius 2 is 1.76 bits per heavy atom. The molecule has 8 nitrogen and oxygen atoms in total. The van der Waals surface area contributed by atoms with E-state index in [4.69, 9.17) is 10.5 Å². The van der Waals surface area contributed by atoms with Crippen molar-refractivity contribution in [2.45, 2.75) is 39.0 Å². The second-order valence-electron chi connectivity index (χ2n) is 6.03. The summed E-state index contributed by atoms with van der Waals surface area (Å²) in [5, 5.41) is 14.0. The Bertz CT molecular complexity index is 577. The molecular weight excluding hydrogens is 326 g/mol. The van der Waals surface area contributed by atoms with E-state index >= 15 is 0 Å². The van der Waals surface area contributed by atoms with Crippen LogP contribution in [0.2, 0.25) is 0 Å². The maximum Gasteiger partial charge on any atom is 0.408 e. The van der Waals surface area contributed by atoms with Crippen LogP contribution in [0.5, 0.6) is 0 Å². The highest BCUT2D eigenvalue weighted by Gasteiger charge is 2.26. The molecule has 25 heavy (non-hydrogen) atoms. The van der Waals surface area contributed by atoms with Crippen LogP contribution >= 0.6 is 0 Å². The molecule has 0 saturated heterocycles. The van der Waals surface area contributed by atoms with Gasteiger partial charge in [0.2, 0.25) is 11.8 Å². The zero-order chi connectivity index (χ0) is 18.8. The number of carbonyl (C=O) groups is 3. The van der Waals surface area contributed by atoms with Gasteiger partial charge in [-0.2, -0.15) is 0 Å². The largest absolute Gasteiger partial charge is 0.445 e. The lowest BCUT2D eigenvalue weighted by Gasteiger charge is -2.21. The van der Waals surface area contributed by atoms with Crippen LogP contribution < -0.4 is 16.4 Å². The molecule has 0 aliphatic carbocycles. The minimum atomic E-state index is -1.24. The van der Waals surface area contributed by atoms with Gasteiger partial charge in [-0.15, -0.1) is 0 Å². The van der Waals surface area contributed by atoms with E-state index < -0.39 is 36.6 Å². The number of aliphatic hydroxyl groups is 1. The summed E-state index contributed by atoms with van der Waals surface area (Å²) in [4.78, 5) is 35.3. The second-order valence-corrected chi connectivity index (χ2v) is 6.03. The molecule has 1 aromatic rings. The van der Waals surface area contributed by atoms with Crippen LogP contribution in [0.1, 0.15) is 25.8 Å². The number of ether oxygens (including phenoxy) is 1. The lowest BCUT2D eigenvalue weighted by atomic mass is 10.0. The van der Waals surface area contributed by atoms with E-state index in [9.17, 15) is 19.5 Å². The Morgan fingerprint density at radius 1 is 1.12 bits per heavy atom. The average Bonchev–Trinajstić information content (AvgIpc) is 2.57. The second kappa shape index (κ2) is 10.3. The third-order valence-corrected chi connectivity index (χ3v) is 3.37. The topological polar surface area (TPSA) is 131 Å². The first-order valence-electron chi connectivity index (χ1n) is 8.01. The van der Waals surface area contributed by atoms with Gasteiger partial charge in [0.1, 0.15) is 18.7 Å². The normalized spacial score (nSPS) is 13.0. The van der Waals surface area contributed by atoms with Gasteiger partial charge in [-0.05, 0) is 17.9 Å². The fraction of sp³-hybridized carbons (Fsp3) is 0.471. The molecule has 0 bridgehead atoms. The van der Waals surface area contributed by atoms with E-state index in [1.807, 2.05) is 19.9 Å². The van der Waals surface area contributed by atoms with Gasteiger partial charge in [-0.3, -0.25) is 9.59 Å². The lowest BCUT2D eigenvalue weighted by molar-refractivity contribution is -0.129. The summed E-state index contributed by atoms with van der Waals surface area (Å²) in [6.45, 7) is 3.15. The molecule has 1 aromatic carbocycles. The summed E-state index contributed by atoms with van der Waals surface area (Å²) in [5.41, 5.74) is 6.05. The Morgan fingerprint density at radius 3 is 2.28 bits per heavy atom. The van der Waals surface area contributed by atoms with E-state index in [2.05, 4.69) is 10.6 Å². The van der Waals surface area contributed by atoms with E-state index in [1.54, 1.807) is 24.3 Å². The summed E-state index contributed by atoms with van der Waals surface area (Å²) in [5.74, 6) is -1.25. The van der Waals surface area contributed by atoms with Crippen molar-refractivity contribution in [1.29, 1.82) is 0 Å². The number of primary amides is 1. The van der Waals surface area contributed by atoms with Crippen LogP contribution in [0.3, 0.4) is 0 Å². The molecular formula is C17H25N3O5. The van der Waals surface area contributed by atoms with Crippen LogP contribution in [0.4, 0.5) is 4.79 Å². The fourth-order valence-electron chi connectivity index (χ4n) is 2.09. The minimum absolute atomic E-state index is 0.0314. The third-order valence-electron chi connectivity index (χ3n) is 3.37. The first kappa shape index (κ1) is 20.4. The number of aliphatic hydroxyl groups excluding tert-OH is 1. The first-order valence-corrected chi connectivity index (χ1v) is 8.01. The Labute approximate surface area is 146 Å². The monoisotopic (exact) mass is 351 g/mol. The summed E-state index contributed by atoms with van der Waals surface area (Å²) in [6, 6.07) is 6.90. The maximum absolute atomic E-state index is 12.1. The SMILES string of the molecule is CC(C)C[C@@H](NC(=O)[C@H](CO)NC(=O)OCc1ccccc1)C(N)=O. The molecule has 3 amide bonds. The van der Waals surface area contributed by atoms with Gasteiger partial charge in [0.15, 0.2) is 0 Å². The molecule has 2 atom stereocenters. The van der Waals surface area contributed by atoms with Gasteiger partial charge in [0, 0.05) is 0 Å². The predicted octanol–water partition coefficient (Wildman–Crippen LogP) is 0.290. The van der Waals surface area contributed by atoms with Crippen LogP contribution in [-0.2, 0) is 20.9 Å². The summed E-state index contributed by atoms with van der Waals surface area (Å²) >= 11 is 0. The van der Waals surface area contributed by atoms with Crippen molar-refractivity contribution in [2.75, 3.05) is 6.61 Å². The number of hydrogen-bond acceptors (Lipinski definition) is 5. The summed E-state index contributed by atoms with van der Waals surface area (Å²) < 4.78 is 4.99. The average molecular weight is 351 g/mol. The molecule has 0 saturated carbocycles. The van der Waals surface area contributed by atoms with Gasteiger partial charge in [0.05, 0.1) is 6.61 Å². The van der Waals surface area contributed by atoms with Crippen molar-refractivity contribution in [3.05, 3.63) is 35.9 Å². The van der Waals surface area contributed by atoms with Crippen molar-refractivity contribution >= 4 is 17.9 Å². The molecule has 0 aliphatic rings. The highest BCUT2D eigenvalue weighted by Crippen LogP contribution is 2.05. The Balaban J connectivity index is 2.54. The minimum Gasteiger partial charge on any atom is -0.445 e. The van der Waals surface area contributed by atoms with Crippen molar-refractivity contribution in [3.8, 4) is 0 Å². The lowest BCUT2D eigenvalue weighted by Crippen LogP contribution is -2.54. The van der Waals surface area contributed by atoms with E-state index in [0.717, 1.165) is 5.56 Å². The quantitative estimate of drug-likeness (QED) is 0.508. The number of hydrogen-bond donors (Lipinski definition) is 4. The van der Waals surface area contributed by atoms with E-state index in [0.29, 0.717) is 6.42 Å². The van der Waals surface area contributed by atoms with Crippen LogP contribution in [0.25, 0.3) is 0 Å². The molecule has 0 radical (unpaired) electrons. The number of amides is 3. The van der Waals surface area contributed by atoms with Crippen molar-refractivity contribution in [3.63, 3.8) is 0 Å². The number of nitrogens with two attached hydrogens (primary N) is 1. The smallest absolute Gasteiger partial charge is 0.408 e. The van der Waals surface area contributed by atoms with Crippen molar-refractivity contribution < 1.29 is 24.2 Å². The molecule has 0 spiro atoms. The number of benzene rings is 1. The zero-order valence-electron chi connectivity index (χ0n) is 14.4. The van der Waals surface area contributed by atoms with Crippen molar-refractivity contribution in [2.24, 2.45) is 11.7 Å². The standard InChI is InChI=1S/C17H25N3O5/c1-11(2)8-13(15(18)22)19-16(23)14(9-21)20-17(24)25-10-12-6-4-3-5-7-12/h3-7,11,13-14,21H,8-10H2,1-2H3,(H2,18,22)(H,19,23)(H,20,24)/t13-,14+/m1/s1. The third kappa shape index (κ3) is 7.67. The molecule has 138 valence electrons. The van der Waals surface area contributed by atoms with Crippen LogP contribution in [-0.4, -0.2) is 41.7 Å². The fourth-order valence-corrected chi connectivity index (χ4v) is 2.09. The molecule has 0 heterocycles. The van der Waals surface area contributed by atoms with Crippen LogP contribution in [0.15, 0.2) is 30.3 Å². The van der Waals surface area contributed by atoms with Gasteiger partial charge in [-0.25, -0.2) is 4.79 Å². The molecule has 8 heteroatoms. The Hall–Kier alpha value is -2.61. The van der Waals surface area contributed by atoms with Gasteiger partial charge >= 0.3 is 6.09 Å². The summed E-state index contributed by atoms with van der Waals surface area (Å²) in [7, 11) is 0. The molecule has 1 rings (SSSR count). The highest BCUT2D eigenvalue weighted by atomic mass is 16.5. The molecule has 0 unspecified atom stereocenters. The van der Waals surface area contributed by atoms with Gasteiger partial charge in [-0.1, -0.05) is 44.2 Å². The molecule has 0 fully saturated rings. The predicted molar refractivity (Wildman–Crippen MR) is 91.2 cm³/mol. The molecule has 0 aliphatic heterocycles. The zero-order valence-corrected chi connectivity index (χ0v) is 14.4. The molecule has 5 N–H and O–H groups in total. The van der Waals surface area contributed by atoms with Gasteiger partial charge in [0.25, 0.3) is 0 Å². The molecule has 0 aromatic heterocycles. The van der Waals surface area contributed by atoms with Gasteiger partial charge < -0.3 is 26.2 Å². The number of carbonyl (C=O) groups excluding carboxylic acids is 3. The highest BCUT2D eigenvalue weighted by molar-refractivity contribution is 5.90. The maximum atomic E-state index is 12.1. The number of alkyl carbamates (subject to hydrolysis) is 1. The van der Waals surface area contributed by atoms with E-state index in [1.165, 1.54) is 0 Å².